The van der Waals surface area contributed by atoms with Crippen LogP contribution in [0.4, 0.5) is 5.95 Å². The Morgan fingerprint density at radius 1 is 1.45 bits per heavy atom. The summed E-state index contributed by atoms with van der Waals surface area (Å²) in [6.45, 7) is 2.78. The first-order chi connectivity index (χ1) is 10.6. The molecule has 1 aromatic heterocycles. The van der Waals surface area contributed by atoms with Gasteiger partial charge in [-0.15, -0.1) is 0 Å². The van der Waals surface area contributed by atoms with E-state index in [-0.39, 0.29) is 11.3 Å². The predicted octanol–water partition coefficient (Wildman–Crippen LogP) is 0.953. The van der Waals surface area contributed by atoms with E-state index in [1.54, 1.807) is 0 Å². The molecule has 0 radical (unpaired) electrons. The van der Waals surface area contributed by atoms with E-state index in [2.05, 4.69) is 4.98 Å². The van der Waals surface area contributed by atoms with Crippen LogP contribution < -0.4 is 4.90 Å². The van der Waals surface area contributed by atoms with Crippen molar-refractivity contribution >= 4 is 11.9 Å². The van der Waals surface area contributed by atoms with Gasteiger partial charge in [-0.3, -0.25) is 4.79 Å². The van der Waals surface area contributed by atoms with Crippen LogP contribution >= 0.6 is 0 Å². The van der Waals surface area contributed by atoms with Gasteiger partial charge in [-0.1, -0.05) is 0 Å². The smallest absolute Gasteiger partial charge is 0.225 e. The first-order valence-corrected chi connectivity index (χ1v) is 7.99. The fraction of sp³-hybridized carbons (Fsp3) is 0.688. The quantitative estimate of drug-likeness (QED) is 0.814. The van der Waals surface area contributed by atoms with Gasteiger partial charge in [0.2, 0.25) is 11.9 Å². The molecule has 6 nitrogen and oxygen atoms in total. The van der Waals surface area contributed by atoms with E-state index in [4.69, 9.17) is 9.72 Å². The second kappa shape index (κ2) is 4.91. The largest absolute Gasteiger partial charge is 0.376 e. The van der Waals surface area contributed by atoms with Gasteiger partial charge in [0.15, 0.2) is 0 Å². The Labute approximate surface area is 130 Å². The average molecular weight is 302 g/mol. The highest BCUT2D eigenvalue weighted by Crippen LogP contribution is 2.41. The maximum atomic E-state index is 12.4. The molecule has 0 N–H and O–H groups in total. The second-order valence-electron chi connectivity index (χ2n) is 7.00. The van der Waals surface area contributed by atoms with Gasteiger partial charge < -0.3 is 14.5 Å². The lowest BCUT2D eigenvalue weighted by atomic mass is 9.80. The minimum absolute atomic E-state index is 0.147. The highest BCUT2D eigenvalue weighted by molar-refractivity contribution is 5.81. The summed E-state index contributed by atoms with van der Waals surface area (Å²) in [5.74, 6) is 1.33. The third-order valence-corrected chi connectivity index (χ3v) is 4.98. The van der Waals surface area contributed by atoms with E-state index in [9.17, 15) is 4.79 Å². The number of carbonyl (C=O) groups excluding carboxylic acids is 1. The molecule has 0 aromatic carbocycles. The predicted molar refractivity (Wildman–Crippen MR) is 81.6 cm³/mol. The molecular weight excluding hydrogens is 280 g/mol. The molecule has 2 aliphatic heterocycles. The van der Waals surface area contributed by atoms with Crippen LogP contribution in [0.1, 0.15) is 30.5 Å². The number of rotatable bonds is 2. The molecular formula is C16H22N4O2. The molecule has 4 rings (SSSR count). The molecule has 3 aliphatic rings. The van der Waals surface area contributed by atoms with Crippen LogP contribution in [0.5, 0.6) is 0 Å². The zero-order valence-corrected chi connectivity index (χ0v) is 13.2. The Bertz CT molecular complexity index is 614. The van der Waals surface area contributed by atoms with Crippen LogP contribution in [-0.2, 0) is 21.6 Å². The van der Waals surface area contributed by atoms with Crippen molar-refractivity contribution in [2.24, 2.45) is 5.92 Å². The molecule has 6 heteroatoms. The molecule has 0 bridgehead atoms. The minimum atomic E-state index is -0.147. The fourth-order valence-electron chi connectivity index (χ4n) is 3.56. The molecule has 2 fully saturated rings. The van der Waals surface area contributed by atoms with Crippen LogP contribution in [0.2, 0.25) is 0 Å². The topological polar surface area (TPSA) is 58.6 Å². The lowest BCUT2D eigenvalue weighted by Crippen LogP contribution is -2.42. The number of ether oxygens (including phenoxy) is 1. The molecule has 1 amide bonds. The normalized spacial score (nSPS) is 27.1. The summed E-state index contributed by atoms with van der Waals surface area (Å²) in [4.78, 5) is 25.5. The van der Waals surface area contributed by atoms with Crippen molar-refractivity contribution in [3.63, 3.8) is 0 Å². The summed E-state index contributed by atoms with van der Waals surface area (Å²) in [7, 11) is 3.90. The number of likely N-dealkylation sites (tertiary alicyclic amines) is 1. The van der Waals surface area contributed by atoms with Crippen molar-refractivity contribution < 1.29 is 9.53 Å². The third kappa shape index (κ3) is 2.17. The lowest BCUT2D eigenvalue weighted by Gasteiger charge is -2.34. The van der Waals surface area contributed by atoms with Crippen molar-refractivity contribution in [2.45, 2.75) is 31.3 Å². The SMILES string of the molecule is CN(C)c1ncc2c(n1)[C@@]1(CCN(C(=O)C3CC3)C1)COC2. The number of fused-ring (bicyclic) bond motifs is 2. The summed E-state index contributed by atoms with van der Waals surface area (Å²) in [6, 6.07) is 0. The first-order valence-electron chi connectivity index (χ1n) is 7.99. The fourth-order valence-corrected chi connectivity index (χ4v) is 3.56. The molecule has 0 unspecified atom stereocenters. The number of aromatic nitrogens is 2. The Hall–Kier alpha value is -1.69. The molecule has 1 spiro atoms. The van der Waals surface area contributed by atoms with Crippen LogP contribution in [0.15, 0.2) is 6.20 Å². The van der Waals surface area contributed by atoms with Crippen molar-refractivity contribution in [3.8, 4) is 0 Å². The summed E-state index contributed by atoms with van der Waals surface area (Å²) >= 11 is 0. The number of hydrogen-bond donors (Lipinski definition) is 0. The molecule has 1 aromatic rings. The van der Waals surface area contributed by atoms with E-state index in [0.717, 1.165) is 49.6 Å². The number of hydrogen-bond acceptors (Lipinski definition) is 5. The van der Waals surface area contributed by atoms with Gasteiger partial charge in [0.25, 0.3) is 0 Å². The van der Waals surface area contributed by atoms with Crippen LogP contribution in [-0.4, -0.2) is 54.6 Å². The third-order valence-electron chi connectivity index (χ3n) is 4.98. The molecule has 1 saturated carbocycles. The van der Waals surface area contributed by atoms with Crippen molar-refractivity contribution in [2.75, 3.05) is 38.7 Å². The van der Waals surface area contributed by atoms with Gasteiger partial charge >= 0.3 is 0 Å². The van der Waals surface area contributed by atoms with E-state index in [0.29, 0.717) is 19.1 Å². The maximum absolute atomic E-state index is 12.4. The Balaban J connectivity index is 1.66. The van der Waals surface area contributed by atoms with Crippen LogP contribution in [0.3, 0.4) is 0 Å². The van der Waals surface area contributed by atoms with E-state index in [1.165, 1.54) is 0 Å². The Morgan fingerprint density at radius 2 is 2.27 bits per heavy atom. The summed E-state index contributed by atoms with van der Waals surface area (Å²) in [6.07, 6.45) is 4.93. The number of nitrogens with zero attached hydrogens (tertiary/aromatic N) is 4. The second-order valence-corrected chi connectivity index (χ2v) is 7.00. The van der Waals surface area contributed by atoms with E-state index < -0.39 is 0 Å². The van der Waals surface area contributed by atoms with Crippen molar-refractivity contribution in [1.82, 2.24) is 14.9 Å². The molecule has 1 atom stereocenters. The van der Waals surface area contributed by atoms with Gasteiger partial charge in [0.1, 0.15) is 0 Å². The zero-order chi connectivity index (χ0) is 15.3. The highest BCUT2D eigenvalue weighted by atomic mass is 16.5. The van der Waals surface area contributed by atoms with Crippen molar-refractivity contribution in [1.29, 1.82) is 0 Å². The highest BCUT2D eigenvalue weighted by Gasteiger charge is 2.48. The lowest BCUT2D eigenvalue weighted by molar-refractivity contribution is -0.131. The van der Waals surface area contributed by atoms with Crippen LogP contribution in [0.25, 0.3) is 0 Å². The average Bonchev–Trinajstić information content (AvgIpc) is 3.28. The van der Waals surface area contributed by atoms with Crippen LogP contribution in [0, 0.1) is 5.92 Å². The molecule has 22 heavy (non-hydrogen) atoms. The molecule has 118 valence electrons. The monoisotopic (exact) mass is 302 g/mol. The summed E-state index contributed by atoms with van der Waals surface area (Å²) in [5, 5.41) is 0. The van der Waals surface area contributed by atoms with Gasteiger partial charge in [-0.2, -0.15) is 0 Å². The first kappa shape index (κ1) is 13.9. The zero-order valence-electron chi connectivity index (χ0n) is 13.2. The van der Waals surface area contributed by atoms with E-state index in [1.807, 2.05) is 30.1 Å². The number of carbonyl (C=O) groups is 1. The standard InChI is InChI=1S/C16H22N4O2/c1-19(2)15-17-7-12-8-22-10-16(13(12)18-15)5-6-20(9-16)14(21)11-3-4-11/h7,11H,3-6,8-10H2,1-2H3/t16-/m1/s1. The molecule has 1 aliphatic carbocycles. The Kier molecular flexibility index (Phi) is 3.11. The molecule has 1 saturated heterocycles. The summed E-state index contributed by atoms with van der Waals surface area (Å²) in [5.41, 5.74) is 2.01. The molecule has 3 heterocycles. The number of anilines is 1. The minimum Gasteiger partial charge on any atom is -0.376 e. The van der Waals surface area contributed by atoms with E-state index >= 15 is 0 Å². The van der Waals surface area contributed by atoms with Gasteiger partial charge in [0, 0.05) is 44.9 Å². The maximum Gasteiger partial charge on any atom is 0.225 e. The summed E-state index contributed by atoms with van der Waals surface area (Å²) < 4.78 is 5.81. The van der Waals surface area contributed by atoms with Gasteiger partial charge in [-0.25, -0.2) is 9.97 Å². The number of amides is 1. The van der Waals surface area contributed by atoms with Gasteiger partial charge in [-0.05, 0) is 19.3 Å². The van der Waals surface area contributed by atoms with Gasteiger partial charge in [0.05, 0.1) is 24.3 Å². The Morgan fingerprint density at radius 3 is 3.00 bits per heavy atom. The van der Waals surface area contributed by atoms with Crippen molar-refractivity contribution in [3.05, 3.63) is 17.5 Å².